The van der Waals surface area contributed by atoms with Gasteiger partial charge in [0.1, 0.15) is 5.56 Å². The standard InChI is InChI=1S/C16H23N3O4/c1-10-7-14(20)15(11(2)17-10)16(21)18-12-8-23-9-13(12)19-3-5-22-6-4-19/h7,12-13H,3-6,8-9H2,1-2H3,(H,17,20)(H,18,21)/t12-,13-/m0/s1. The van der Waals surface area contributed by atoms with Crippen molar-refractivity contribution in [3.63, 3.8) is 0 Å². The number of hydrogen-bond acceptors (Lipinski definition) is 5. The van der Waals surface area contributed by atoms with Gasteiger partial charge in [-0.1, -0.05) is 0 Å². The van der Waals surface area contributed by atoms with Crippen LogP contribution in [-0.4, -0.2) is 67.4 Å². The molecular weight excluding hydrogens is 298 g/mol. The number of hydrogen-bond donors (Lipinski definition) is 2. The average molecular weight is 321 g/mol. The molecule has 0 unspecified atom stereocenters. The van der Waals surface area contributed by atoms with Gasteiger partial charge in [0.25, 0.3) is 5.91 Å². The average Bonchev–Trinajstić information content (AvgIpc) is 2.95. The van der Waals surface area contributed by atoms with Crippen LogP contribution in [0.15, 0.2) is 10.9 Å². The summed E-state index contributed by atoms with van der Waals surface area (Å²) in [7, 11) is 0. The van der Waals surface area contributed by atoms with Crippen LogP contribution in [0.3, 0.4) is 0 Å². The van der Waals surface area contributed by atoms with Gasteiger partial charge in [-0.15, -0.1) is 0 Å². The van der Waals surface area contributed by atoms with Gasteiger partial charge in [-0.05, 0) is 13.8 Å². The molecule has 7 heteroatoms. The minimum atomic E-state index is -0.336. The molecule has 1 aromatic heterocycles. The van der Waals surface area contributed by atoms with E-state index in [1.54, 1.807) is 13.8 Å². The molecule has 0 bridgehead atoms. The molecule has 2 fully saturated rings. The van der Waals surface area contributed by atoms with Gasteiger partial charge in [0, 0.05) is 30.5 Å². The molecule has 1 aromatic rings. The molecule has 2 aliphatic heterocycles. The lowest BCUT2D eigenvalue weighted by molar-refractivity contribution is 0.0108. The Bertz CT molecular complexity index is 637. The molecule has 126 valence electrons. The maximum absolute atomic E-state index is 12.6. The maximum Gasteiger partial charge on any atom is 0.257 e. The third-order valence-electron chi connectivity index (χ3n) is 4.46. The summed E-state index contributed by atoms with van der Waals surface area (Å²) >= 11 is 0. The highest BCUT2D eigenvalue weighted by Crippen LogP contribution is 2.15. The van der Waals surface area contributed by atoms with Crippen LogP contribution in [0.2, 0.25) is 0 Å². The van der Waals surface area contributed by atoms with Crippen molar-refractivity contribution >= 4 is 5.91 Å². The van der Waals surface area contributed by atoms with Crippen molar-refractivity contribution in [2.24, 2.45) is 0 Å². The van der Waals surface area contributed by atoms with E-state index in [4.69, 9.17) is 9.47 Å². The fourth-order valence-electron chi connectivity index (χ4n) is 3.32. The fraction of sp³-hybridized carbons (Fsp3) is 0.625. The smallest absolute Gasteiger partial charge is 0.257 e. The van der Waals surface area contributed by atoms with Crippen molar-refractivity contribution in [2.45, 2.75) is 25.9 Å². The number of ether oxygens (including phenoxy) is 2. The zero-order valence-corrected chi connectivity index (χ0v) is 13.6. The largest absolute Gasteiger partial charge is 0.379 e. The number of aromatic amines is 1. The number of aryl methyl sites for hydroxylation is 2. The predicted octanol–water partition coefficient (Wildman–Crippen LogP) is -0.179. The molecule has 2 atom stereocenters. The Labute approximate surface area is 135 Å². The predicted molar refractivity (Wildman–Crippen MR) is 84.8 cm³/mol. The highest BCUT2D eigenvalue weighted by molar-refractivity contribution is 5.95. The van der Waals surface area contributed by atoms with Crippen molar-refractivity contribution in [1.82, 2.24) is 15.2 Å². The number of pyridine rings is 1. The summed E-state index contributed by atoms with van der Waals surface area (Å²) in [4.78, 5) is 30.0. The van der Waals surface area contributed by atoms with Gasteiger partial charge in [0.15, 0.2) is 5.43 Å². The van der Waals surface area contributed by atoms with Crippen molar-refractivity contribution in [3.8, 4) is 0 Å². The van der Waals surface area contributed by atoms with Crippen molar-refractivity contribution in [2.75, 3.05) is 39.5 Å². The van der Waals surface area contributed by atoms with E-state index in [1.807, 2.05) is 0 Å². The number of nitrogens with one attached hydrogen (secondary N) is 2. The zero-order valence-electron chi connectivity index (χ0n) is 13.6. The first-order chi connectivity index (χ1) is 11.1. The van der Waals surface area contributed by atoms with E-state index in [1.165, 1.54) is 6.07 Å². The summed E-state index contributed by atoms with van der Waals surface area (Å²) in [6.45, 7) is 7.69. The minimum Gasteiger partial charge on any atom is -0.379 e. The van der Waals surface area contributed by atoms with Crippen molar-refractivity contribution < 1.29 is 14.3 Å². The maximum atomic E-state index is 12.6. The second kappa shape index (κ2) is 6.82. The third kappa shape index (κ3) is 3.46. The molecule has 0 spiro atoms. The van der Waals surface area contributed by atoms with Crippen LogP contribution in [0.5, 0.6) is 0 Å². The summed E-state index contributed by atoms with van der Waals surface area (Å²) in [6.07, 6.45) is 0. The molecular formula is C16H23N3O4. The second-order valence-electron chi connectivity index (χ2n) is 6.15. The van der Waals surface area contributed by atoms with Gasteiger partial charge >= 0.3 is 0 Å². The fourth-order valence-corrected chi connectivity index (χ4v) is 3.32. The molecule has 2 aliphatic rings. The molecule has 0 saturated carbocycles. The summed E-state index contributed by atoms with van der Waals surface area (Å²) < 4.78 is 10.9. The van der Waals surface area contributed by atoms with E-state index < -0.39 is 0 Å². The lowest BCUT2D eigenvalue weighted by Gasteiger charge is -2.34. The van der Waals surface area contributed by atoms with Crippen molar-refractivity contribution in [3.05, 3.63) is 33.2 Å². The van der Waals surface area contributed by atoms with Gasteiger partial charge in [-0.3, -0.25) is 14.5 Å². The minimum absolute atomic E-state index is 0.110. The van der Waals surface area contributed by atoms with Crippen LogP contribution in [0.4, 0.5) is 0 Å². The van der Waals surface area contributed by atoms with Gasteiger partial charge < -0.3 is 19.8 Å². The first kappa shape index (κ1) is 16.2. The Balaban J connectivity index is 1.73. The Morgan fingerprint density at radius 2 is 2.00 bits per heavy atom. The monoisotopic (exact) mass is 321 g/mol. The lowest BCUT2D eigenvalue weighted by atomic mass is 10.1. The SMILES string of the molecule is Cc1cc(=O)c(C(=O)N[C@H]2COC[C@@H]2N2CCOCC2)c(C)[nH]1. The number of carbonyl (C=O) groups excluding carboxylic acids is 1. The first-order valence-corrected chi connectivity index (χ1v) is 7.97. The molecule has 3 rings (SSSR count). The van der Waals surface area contributed by atoms with Crippen LogP contribution >= 0.6 is 0 Å². The van der Waals surface area contributed by atoms with Gasteiger partial charge in [-0.25, -0.2) is 0 Å². The van der Waals surface area contributed by atoms with Crippen LogP contribution in [-0.2, 0) is 9.47 Å². The van der Waals surface area contributed by atoms with Gasteiger partial charge in [0.2, 0.25) is 0 Å². The topological polar surface area (TPSA) is 83.7 Å². The number of morpholine rings is 1. The summed E-state index contributed by atoms with van der Waals surface area (Å²) in [6, 6.07) is 1.47. The first-order valence-electron chi connectivity index (χ1n) is 7.97. The summed E-state index contributed by atoms with van der Waals surface area (Å²) in [5.41, 5.74) is 1.27. The highest BCUT2D eigenvalue weighted by atomic mass is 16.5. The number of carbonyl (C=O) groups is 1. The molecule has 23 heavy (non-hydrogen) atoms. The van der Waals surface area contributed by atoms with Crippen LogP contribution in [0.25, 0.3) is 0 Å². The number of nitrogens with zero attached hydrogens (tertiary/aromatic N) is 1. The lowest BCUT2D eigenvalue weighted by Crippen LogP contribution is -2.54. The van der Waals surface area contributed by atoms with E-state index >= 15 is 0 Å². The molecule has 7 nitrogen and oxygen atoms in total. The van der Waals surface area contributed by atoms with Crippen LogP contribution in [0, 0.1) is 13.8 Å². The number of amides is 1. The zero-order chi connectivity index (χ0) is 16.4. The van der Waals surface area contributed by atoms with E-state index in [0.29, 0.717) is 32.1 Å². The quantitative estimate of drug-likeness (QED) is 0.807. The van der Waals surface area contributed by atoms with Gasteiger partial charge in [0.05, 0.1) is 38.5 Å². The van der Waals surface area contributed by atoms with Gasteiger partial charge in [-0.2, -0.15) is 0 Å². The third-order valence-corrected chi connectivity index (χ3v) is 4.46. The molecule has 1 amide bonds. The molecule has 0 aromatic carbocycles. The Kier molecular flexibility index (Phi) is 4.79. The molecule has 2 saturated heterocycles. The Morgan fingerprint density at radius 1 is 1.26 bits per heavy atom. The molecule has 3 heterocycles. The summed E-state index contributed by atoms with van der Waals surface area (Å²) in [5, 5.41) is 2.98. The Hall–Kier alpha value is -1.70. The normalized spacial score (nSPS) is 25.5. The number of H-pyrrole nitrogens is 1. The second-order valence-corrected chi connectivity index (χ2v) is 6.15. The summed E-state index contributed by atoms with van der Waals surface area (Å²) in [5.74, 6) is -0.336. The van der Waals surface area contributed by atoms with E-state index in [0.717, 1.165) is 18.8 Å². The number of aromatic nitrogens is 1. The Morgan fingerprint density at radius 3 is 2.70 bits per heavy atom. The van der Waals surface area contributed by atoms with Crippen molar-refractivity contribution in [1.29, 1.82) is 0 Å². The molecule has 0 radical (unpaired) electrons. The molecule has 2 N–H and O–H groups in total. The highest BCUT2D eigenvalue weighted by Gasteiger charge is 2.35. The van der Waals surface area contributed by atoms with E-state index in [2.05, 4.69) is 15.2 Å². The molecule has 0 aliphatic carbocycles. The van der Waals surface area contributed by atoms with Crippen LogP contribution < -0.4 is 10.7 Å². The van der Waals surface area contributed by atoms with E-state index in [9.17, 15) is 9.59 Å². The van der Waals surface area contributed by atoms with Crippen LogP contribution in [0.1, 0.15) is 21.7 Å². The number of rotatable bonds is 3. The van der Waals surface area contributed by atoms with E-state index in [-0.39, 0.29) is 29.0 Å².